The van der Waals surface area contributed by atoms with Gasteiger partial charge in [-0.3, -0.25) is 4.79 Å². The monoisotopic (exact) mass is 249 g/mol. The Hall–Kier alpha value is -1.35. The lowest BCUT2D eigenvalue weighted by atomic mass is 9.90. The van der Waals surface area contributed by atoms with E-state index in [4.69, 9.17) is 4.74 Å². The average molecular weight is 249 g/mol. The Bertz CT molecular complexity index is 401. The van der Waals surface area contributed by atoms with E-state index in [0.717, 1.165) is 17.7 Å². The lowest BCUT2D eigenvalue weighted by Gasteiger charge is -2.28. The second-order valence-electron chi connectivity index (χ2n) is 4.82. The number of rotatable bonds is 6. The van der Waals surface area contributed by atoms with Crippen LogP contribution in [0.3, 0.4) is 0 Å². The Labute approximate surface area is 110 Å². The number of methoxy groups -OCH3 is 1. The third kappa shape index (κ3) is 3.33. The standard InChI is InChI=1S/C15H23NO2/c1-6-14(16(3)4)11(2)15(17)12-8-7-9-13(10-12)18-5/h7-11,14H,6H2,1-5H3. The second kappa shape index (κ2) is 6.55. The molecule has 1 aromatic carbocycles. The molecule has 2 atom stereocenters. The first-order valence-corrected chi connectivity index (χ1v) is 6.36. The lowest BCUT2D eigenvalue weighted by Crippen LogP contribution is -2.37. The van der Waals surface area contributed by atoms with Crippen molar-refractivity contribution in [3.05, 3.63) is 29.8 Å². The highest BCUT2D eigenvalue weighted by atomic mass is 16.5. The smallest absolute Gasteiger partial charge is 0.167 e. The summed E-state index contributed by atoms with van der Waals surface area (Å²) in [5, 5.41) is 0. The van der Waals surface area contributed by atoms with E-state index in [0.29, 0.717) is 0 Å². The first kappa shape index (κ1) is 14.7. The molecule has 3 nitrogen and oxygen atoms in total. The van der Waals surface area contributed by atoms with Crippen molar-refractivity contribution in [2.75, 3.05) is 21.2 Å². The number of nitrogens with zero attached hydrogens (tertiary/aromatic N) is 1. The minimum absolute atomic E-state index is 0.0166. The van der Waals surface area contributed by atoms with Gasteiger partial charge in [0, 0.05) is 17.5 Å². The quantitative estimate of drug-likeness (QED) is 0.726. The Morgan fingerprint density at radius 3 is 2.56 bits per heavy atom. The van der Waals surface area contributed by atoms with Crippen molar-refractivity contribution in [3.8, 4) is 5.75 Å². The molecule has 0 aliphatic rings. The minimum atomic E-state index is -0.0166. The van der Waals surface area contributed by atoms with Crippen molar-refractivity contribution < 1.29 is 9.53 Å². The molecule has 0 fully saturated rings. The van der Waals surface area contributed by atoms with Crippen molar-refractivity contribution >= 4 is 5.78 Å². The van der Waals surface area contributed by atoms with Gasteiger partial charge in [-0.05, 0) is 32.6 Å². The first-order chi connectivity index (χ1) is 8.51. The third-order valence-corrected chi connectivity index (χ3v) is 3.43. The maximum Gasteiger partial charge on any atom is 0.167 e. The lowest BCUT2D eigenvalue weighted by molar-refractivity contribution is 0.0848. The van der Waals surface area contributed by atoms with Crippen LogP contribution in [-0.4, -0.2) is 37.9 Å². The summed E-state index contributed by atoms with van der Waals surface area (Å²) >= 11 is 0. The first-order valence-electron chi connectivity index (χ1n) is 6.36. The maximum atomic E-state index is 12.4. The molecule has 100 valence electrons. The van der Waals surface area contributed by atoms with Gasteiger partial charge in [-0.2, -0.15) is 0 Å². The van der Waals surface area contributed by atoms with Gasteiger partial charge in [-0.25, -0.2) is 0 Å². The molecule has 2 unspecified atom stereocenters. The van der Waals surface area contributed by atoms with Crippen LogP contribution in [0.4, 0.5) is 0 Å². The van der Waals surface area contributed by atoms with Crippen molar-refractivity contribution in [1.29, 1.82) is 0 Å². The molecule has 0 spiro atoms. The van der Waals surface area contributed by atoms with Crippen LogP contribution in [0.2, 0.25) is 0 Å². The Morgan fingerprint density at radius 1 is 1.39 bits per heavy atom. The predicted octanol–water partition coefficient (Wildman–Crippen LogP) is 2.85. The molecule has 0 radical (unpaired) electrons. The molecule has 0 heterocycles. The molecule has 0 N–H and O–H groups in total. The Kier molecular flexibility index (Phi) is 5.35. The molecular weight excluding hydrogens is 226 g/mol. The number of hydrogen-bond acceptors (Lipinski definition) is 3. The molecule has 0 bridgehead atoms. The summed E-state index contributed by atoms with van der Waals surface area (Å²) in [6.07, 6.45) is 0.962. The van der Waals surface area contributed by atoms with E-state index in [9.17, 15) is 4.79 Å². The summed E-state index contributed by atoms with van der Waals surface area (Å²) in [5.41, 5.74) is 0.724. The van der Waals surface area contributed by atoms with Crippen molar-refractivity contribution in [2.45, 2.75) is 26.3 Å². The van der Waals surface area contributed by atoms with Crippen molar-refractivity contribution in [1.82, 2.24) is 4.90 Å². The SMILES string of the molecule is CCC(C(C)C(=O)c1cccc(OC)c1)N(C)C. The van der Waals surface area contributed by atoms with Gasteiger partial charge in [0.2, 0.25) is 0 Å². The van der Waals surface area contributed by atoms with Crippen LogP contribution in [0.1, 0.15) is 30.6 Å². The van der Waals surface area contributed by atoms with Crippen LogP contribution in [0.25, 0.3) is 0 Å². The molecule has 18 heavy (non-hydrogen) atoms. The van der Waals surface area contributed by atoms with E-state index in [1.165, 1.54) is 0 Å². The third-order valence-electron chi connectivity index (χ3n) is 3.43. The molecule has 0 saturated heterocycles. The van der Waals surface area contributed by atoms with Crippen LogP contribution in [-0.2, 0) is 0 Å². The number of carbonyl (C=O) groups excluding carboxylic acids is 1. The molecule has 0 aliphatic carbocycles. The number of ether oxygens (including phenoxy) is 1. The van der Waals surface area contributed by atoms with Crippen LogP contribution >= 0.6 is 0 Å². The molecular formula is C15H23NO2. The number of hydrogen-bond donors (Lipinski definition) is 0. The fraction of sp³-hybridized carbons (Fsp3) is 0.533. The van der Waals surface area contributed by atoms with Gasteiger partial charge in [-0.1, -0.05) is 26.0 Å². The van der Waals surface area contributed by atoms with Crippen LogP contribution in [0.15, 0.2) is 24.3 Å². The van der Waals surface area contributed by atoms with E-state index in [1.54, 1.807) is 13.2 Å². The van der Waals surface area contributed by atoms with Crippen LogP contribution in [0, 0.1) is 5.92 Å². The topological polar surface area (TPSA) is 29.5 Å². The Balaban J connectivity index is 2.91. The summed E-state index contributed by atoms with van der Waals surface area (Å²) in [4.78, 5) is 14.5. The molecule has 0 aliphatic heterocycles. The zero-order valence-corrected chi connectivity index (χ0v) is 11.9. The number of ketones is 1. The van der Waals surface area contributed by atoms with Crippen molar-refractivity contribution in [3.63, 3.8) is 0 Å². The van der Waals surface area contributed by atoms with Crippen LogP contribution in [0.5, 0.6) is 5.75 Å². The summed E-state index contributed by atoms with van der Waals surface area (Å²) in [7, 11) is 5.65. The molecule has 3 heteroatoms. The molecule has 0 amide bonds. The van der Waals surface area contributed by atoms with Gasteiger partial charge in [0.1, 0.15) is 5.75 Å². The normalized spacial score (nSPS) is 14.3. The molecule has 0 saturated carbocycles. The zero-order chi connectivity index (χ0) is 13.7. The number of benzene rings is 1. The van der Waals surface area contributed by atoms with E-state index < -0.39 is 0 Å². The summed E-state index contributed by atoms with van der Waals surface area (Å²) in [6, 6.07) is 7.63. The van der Waals surface area contributed by atoms with Crippen molar-refractivity contribution in [2.24, 2.45) is 5.92 Å². The Morgan fingerprint density at radius 2 is 2.06 bits per heavy atom. The predicted molar refractivity (Wildman–Crippen MR) is 74.3 cm³/mol. The molecule has 0 aromatic heterocycles. The van der Waals surface area contributed by atoms with Gasteiger partial charge in [-0.15, -0.1) is 0 Å². The summed E-state index contributed by atoms with van der Waals surface area (Å²) in [6.45, 7) is 4.11. The van der Waals surface area contributed by atoms with E-state index in [1.807, 2.05) is 39.2 Å². The fourth-order valence-electron chi connectivity index (χ4n) is 2.38. The second-order valence-corrected chi connectivity index (χ2v) is 4.82. The van der Waals surface area contributed by atoms with Gasteiger partial charge in [0.15, 0.2) is 5.78 Å². The van der Waals surface area contributed by atoms with E-state index in [2.05, 4.69) is 11.8 Å². The van der Waals surface area contributed by atoms with Gasteiger partial charge in [0.05, 0.1) is 7.11 Å². The highest BCUT2D eigenvalue weighted by Gasteiger charge is 2.25. The largest absolute Gasteiger partial charge is 0.497 e. The summed E-state index contributed by atoms with van der Waals surface area (Å²) in [5.74, 6) is 0.887. The minimum Gasteiger partial charge on any atom is -0.497 e. The fourth-order valence-corrected chi connectivity index (χ4v) is 2.38. The molecule has 1 rings (SSSR count). The number of carbonyl (C=O) groups is 1. The maximum absolute atomic E-state index is 12.4. The highest BCUT2D eigenvalue weighted by Crippen LogP contribution is 2.20. The van der Waals surface area contributed by atoms with Gasteiger partial charge < -0.3 is 9.64 Å². The average Bonchev–Trinajstić information content (AvgIpc) is 2.38. The highest BCUT2D eigenvalue weighted by molar-refractivity contribution is 5.98. The number of Topliss-reactive ketones (excluding diaryl/α,β-unsaturated/α-hetero) is 1. The van der Waals surface area contributed by atoms with Crippen LogP contribution < -0.4 is 4.74 Å². The van der Waals surface area contributed by atoms with E-state index >= 15 is 0 Å². The summed E-state index contributed by atoms with van der Waals surface area (Å²) < 4.78 is 5.16. The van der Waals surface area contributed by atoms with Gasteiger partial charge in [0.25, 0.3) is 0 Å². The van der Waals surface area contributed by atoms with Gasteiger partial charge >= 0.3 is 0 Å². The van der Waals surface area contributed by atoms with E-state index in [-0.39, 0.29) is 17.7 Å². The zero-order valence-electron chi connectivity index (χ0n) is 11.9. The molecule has 1 aromatic rings.